The molecule has 10 heteroatoms. The maximum absolute atomic E-state index is 13.1. The quantitative estimate of drug-likeness (QED) is 0.395. The average Bonchev–Trinajstić information content (AvgIpc) is 3.20. The molecule has 4 N–H and O–H groups in total. The third-order valence-corrected chi connectivity index (χ3v) is 6.35. The van der Waals surface area contributed by atoms with Crippen LogP contribution >= 0.6 is 0 Å². The number of H-pyrrole nitrogens is 1. The highest BCUT2D eigenvalue weighted by atomic mass is 19.4. The number of hydrogen-bond acceptors (Lipinski definition) is 6. The van der Waals surface area contributed by atoms with Gasteiger partial charge in [-0.2, -0.15) is 13.2 Å². The molecule has 1 aliphatic rings. The summed E-state index contributed by atoms with van der Waals surface area (Å²) >= 11 is 0. The Kier molecular flexibility index (Phi) is 6.26. The average molecular weight is 473 g/mol. The van der Waals surface area contributed by atoms with Gasteiger partial charge < -0.3 is 25.5 Å². The molecule has 0 amide bonds. The van der Waals surface area contributed by atoms with E-state index in [0.717, 1.165) is 52.2 Å². The van der Waals surface area contributed by atoms with Crippen molar-refractivity contribution in [1.82, 2.24) is 21.1 Å². The first-order valence-electron chi connectivity index (χ1n) is 10.7. The van der Waals surface area contributed by atoms with E-state index in [1.54, 1.807) is 26.6 Å². The van der Waals surface area contributed by atoms with E-state index in [-0.39, 0.29) is 12.1 Å². The van der Waals surface area contributed by atoms with Gasteiger partial charge in [-0.3, -0.25) is 0 Å². The Balaban J connectivity index is 0.00000274. The van der Waals surface area contributed by atoms with Gasteiger partial charge in [0, 0.05) is 24.5 Å². The second kappa shape index (κ2) is 9.02. The largest absolute Gasteiger partial charge is 0.493 e. The maximum atomic E-state index is 13.1. The van der Waals surface area contributed by atoms with Gasteiger partial charge in [0.25, 0.3) is 0 Å². The summed E-state index contributed by atoms with van der Waals surface area (Å²) in [6, 6.07) is 9.45. The summed E-state index contributed by atoms with van der Waals surface area (Å²) in [5.74, 6) is 2.11. The first-order valence-corrected chi connectivity index (χ1v) is 10.7. The molecule has 0 saturated carbocycles. The first kappa shape index (κ1) is 23.6. The number of nitrogens with zero attached hydrogens (tertiary/aromatic N) is 3. The molecule has 5 rings (SSSR count). The van der Waals surface area contributed by atoms with E-state index in [1.807, 2.05) is 12.1 Å². The minimum absolute atomic E-state index is 0. The summed E-state index contributed by atoms with van der Waals surface area (Å²) in [6.07, 6.45) is -1.30. The second-order valence-electron chi connectivity index (χ2n) is 8.18. The van der Waals surface area contributed by atoms with Crippen molar-refractivity contribution < 1.29 is 22.6 Å². The SMILES string of the molecule is COc1cc2[nH]c3c(N4CCC(c5cccc(C(F)(F)F)c5)CC4)ncnc3c2cc1OC.N. The Morgan fingerprint density at radius 2 is 1.71 bits per heavy atom. The standard InChI is InChI=1S/C24H23F3N4O2.H3N/c1-32-19-11-17-18(12-20(19)33-2)30-22-21(17)28-13-29-23(22)31-8-6-14(7-9-31)15-4-3-5-16(10-15)24(25,26)27;/h3-5,10-14,30H,6-9H2,1-2H3;1H3. The molecule has 1 saturated heterocycles. The fourth-order valence-electron chi connectivity index (χ4n) is 4.64. The zero-order chi connectivity index (χ0) is 23.2. The predicted octanol–water partition coefficient (Wildman–Crippen LogP) is 5.69. The lowest BCUT2D eigenvalue weighted by Gasteiger charge is -2.33. The molecule has 34 heavy (non-hydrogen) atoms. The zero-order valence-electron chi connectivity index (χ0n) is 18.9. The highest BCUT2D eigenvalue weighted by molar-refractivity contribution is 6.09. The number of aromatic amines is 1. The smallest absolute Gasteiger partial charge is 0.416 e. The number of hydrogen-bond donors (Lipinski definition) is 2. The number of anilines is 1. The van der Waals surface area contributed by atoms with Gasteiger partial charge in [-0.15, -0.1) is 0 Å². The van der Waals surface area contributed by atoms with Crippen LogP contribution in [-0.2, 0) is 6.18 Å². The highest BCUT2D eigenvalue weighted by Gasteiger charge is 2.31. The van der Waals surface area contributed by atoms with Crippen LogP contribution in [0.2, 0.25) is 0 Å². The van der Waals surface area contributed by atoms with Crippen molar-refractivity contribution in [2.45, 2.75) is 24.9 Å². The molecule has 1 fully saturated rings. The maximum Gasteiger partial charge on any atom is 0.416 e. The summed E-state index contributed by atoms with van der Waals surface area (Å²) in [4.78, 5) is 14.6. The molecule has 2 aromatic heterocycles. The summed E-state index contributed by atoms with van der Waals surface area (Å²) in [7, 11) is 3.18. The lowest BCUT2D eigenvalue weighted by molar-refractivity contribution is -0.137. The van der Waals surface area contributed by atoms with Crippen molar-refractivity contribution in [2.75, 3.05) is 32.2 Å². The van der Waals surface area contributed by atoms with E-state index >= 15 is 0 Å². The molecule has 0 aliphatic carbocycles. The lowest BCUT2D eigenvalue weighted by atomic mass is 9.88. The van der Waals surface area contributed by atoms with E-state index in [9.17, 15) is 13.2 Å². The number of fused-ring (bicyclic) bond motifs is 3. The fourth-order valence-corrected chi connectivity index (χ4v) is 4.64. The Morgan fingerprint density at radius 1 is 1.00 bits per heavy atom. The molecule has 0 radical (unpaired) electrons. The number of methoxy groups -OCH3 is 2. The molecule has 0 atom stereocenters. The molecule has 0 spiro atoms. The van der Waals surface area contributed by atoms with Crippen LogP contribution in [0.1, 0.15) is 29.9 Å². The number of benzene rings is 2. The van der Waals surface area contributed by atoms with Gasteiger partial charge in [0.15, 0.2) is 17.3 Å². The summed E-state index contributed by atoms with van der Waals surface area (Å²) in [6.45, 7) is 1.38. The van der Waals surface area contributed by atoms with Gasteiger partial charge in [-0.05, 0) is 36.5 Å². The van der Waals surface area contributed by atoms with E-state index in [2.05, 4.69) is 19.9 Å². The van der Waals surface area contributed by atoms with E-state index in [1.165, 1.54) is 12.1 Å². The number of rotatable bonds is 4. The van der Waals surface area contributed by atoms with Gasteiger partial charge >= 0.3 is 6.18 Å². The summed E-state index contributed by atoms with van der Waals surface area (Å²) in [5, 5.41) is 0.908. The number of ether oxygens (including phenoxy) is 2. The predicted molar refractivity (Wildman–Crippen MR) is 125 cm³/mol. The van der Waals surface area contributed by atoms with E-state index < -0.39 is 11.7 Å². The topological polar surface area (TPSA) is 98.3 Å². The Bertz CT molecular complexity index is 1310. The van der Waals surface area contributed by atoms with Crippen LogP contribution in [0.3, 0.4) is 0 Å². The van der Waals surface area contributed by atoms with Gasteiger partial charge in [-0.1, -0.05) is 18.2 Å². The van der Waals surface area contributed by atoms with Crippen molar-refractivity contribution in [1.29, 1.82) is 0 Å². The number of alkyl halides is 3. The van der Waals surface area contributed by atoms with Gasteiger partial charge in [0.05, 0.1) is 25.3 Å². The molecule has 0 bridgehead atoms. The van der Waals surface area contributed by atoms with Crippen LogP contribution in [-0.4, -0.2) is 42.3 Å². The summed E-state index contributed by atoms with van der Waals surface area (Å²) in [5.41, 5.74) is 2.62. The first-order chi connectivity index (χ1) is 15.9. The van der Waals surface area contributed by atoms with E-state index in [0.29, 0.717) is 24.6 Å². The van der Waals surface area contributed by atoms with Crippen molar-refractivity contribution in [3.8, 4) is 11.5 Å². The number of piperidine rings is 1. The minimum Gasteiger partial charge on any atom is -0.493 e. The molecule has 180 valence electrons. The molecule has 0 unspecified atom stereocenters. The van der Waals surface area contributed by atoms with Crippen molar-refractivity contribution >= 4 is 27.8 Å². The molecule has 7 nitrogen and oxygen atoms in total. The van der Waals surface area contributed by atoms with Crippen LogP contribution in [0, 0.1) is 0 Å². The third kappa shape index (κ3) is 4.09. The van der Waals surface area contributed by atoms with Crippen molar-refractivity contribution in [3.63, 3.8) is 0 Å². The monoisotopic (exact) mass is 473 g/mol. The fraction of sp³-hybridized carbons (Fsp3) is 0.333. The molecular formula is C24H26F3N5O2. The summed E-state index contributed by atoms with van der Waals surface area (Å²) < 4.78 is 50.2. The third-order valence-electron chi connectivity index (χ3n) is 6.35. The van der Waals surface area contributed by atoms with Crippen LogP contribution in [0.25, 0.3) is 21.9 Å². The Labute approximate surface area is 194 Å². The zero-order valence-corrected chi connectivity index (χ0v) is 18.9. The second-order valence-corrected chi connectivity index (χ2v) is 8.18. The normalized spacial score (nSPS) is 14.9. The minimum atomic E-state index is -4.33. The van der Waals surface area contributed by atoms with Crippen LogP contribution in [0.4, 0.5) is 19.0 Å². The lowest BCUT2D eigenvalue weighted by Crippen LogP contribution is -2.33. The molecule has 2 aromatic carbocycles. The van der Waals surface area contributed by atoms with Crippen molar-refractivity contribution in [2.24, 2.45) is 0 Å². The van der Waals surface area contributed by atoms with Crippen LogP contribution < -0.4 is 20.5 Å². The van der Waals surface area contributed by atoms with Gasteiger partial charge in [-0.25, -0.2) is 9.97 Å². The molecule has 4 aromatic rings. The number of aromatic nitrogens is 3. The number of nitrogens with one attached hydrogen (secondary N) is 1. The molecular weight excluding hydrogens is 447 g/mol. The van der Waals surface area contributed by atoms with Crippen LogP contribution in [0.5, 0.6) is 11.5 Å². The van der Waals surface area contributed by atoms with Crippen molar-refractivity contribution in [3.05, 3.63) is 53.9 Å². The highest BCUT2D eigenvalue weighted by Crippen LogP contribution is 2.39. The molecule has 3 heterocycles. The van der Waals surface area contributed by atoms with Gasteiger partial charge in [0.2, 0.25) is 0 Å². The Hall–Kier alpha value is -3.53. The van der Waals surface area contributed by atoms with Crippen LogP contribution in [0.15, 0.2) is 42.7 Å². The molecule has 1 aliphatic heterocycles. The van der Waals surface area contributed by atoms with E-state index in [4.69, 9.17) is 9.47 Å². The number of halogens is 3. The Morgan fingerprint density at radius 3 is 2.38 bits per heavy atom. The van der Waals surface area contributed by atoms with Gasteiger partial charge in [0.1, 0.15) is 17.4 Å².